The van der Waals surface area contributed by atoms with Crippen LogP contribution in [0.15, 0.2) is 0 Å². The number of hydrogen-bond acceptors (Lipinski definition) is 2. The largest absolute Gasteiger partial charge is 0.375 e. The Labute approximate surface area is 121 Å². The molecule has 0 aliphatic heterocycles. The molecule has 0 unspecified atom stereocenters. The molecule has 0 bridgehead atoms. The number of carbonyl (C=O) groups is 1. The molecule has 0 aromatic heterocycles. The van der Waals surface area contributed by atoms with Crippen LogP contribution in [0.2, 0.25) is 0 Å². The standard InChI is InChI=1S/C13H22BrF2NO2/c14-9-13(5-2-1-3-6-13)10-17-12(18)4-7-19-8-11(15)16/h11H,1-10H2,(H,17,18). The van der Waals surface area contributed by atoms with Gasteiger partial charge in [-0.1, -0.05) is 35.2 Å². The summed E-state index contributed by atoms with van der Waals surface area (Å²) in [5.74, 6) is -0.125. The Morgan fingerprint density at radius 3 is 2.58 bits per heavy atom. The van der Waals surface area contributed by atoms with Crippen LogP contribution in [0.1, 0.15) is 38.5 Å². The summed E-state index contributed by atoms with van der Waals surface area (Å²) in [6.07, 6.45) is 3.61. The van der Waals surface area contributed by atoms with Crippen molar-refractivity contribution >= 4 is 21.8 Å². The molecule has 0 spiro atoms. The number of alkyl halides is 3. The number of nitrogens with one attached hydrogen (secondary N) is 1. The van der Waals surface area contributed by atoms with Crippen molar-refractivity contribution in [3.05, 3.63) is 0 Å². The second-order valence-electron chi connectivity index (χ2n) is 5.19. The highest BCUT2D eigenvalue weighted by atomic mass is 79.9. The third kappa shape index (κ3) is 6.65. The number of hydrogen-bond donors (Lipinski definition) is 1. The van der Waals surface area contributed by atoms with Gasteiger partial charge in [-0.25, -0.2) is 8.78 Å². The molecule has 1 aliphatic carbocycles. The molecule has 0 aromatic carbocycles. The second kappa shape index (κ2) is 8.84. The van der Waals surface area contributed by atoms with Gasteiger partial charge in [0.05, 0.1) is 6.61 Å². The van der Waals surface area contributed by atoms with Gasteiger partial charge in [0.1, 0.15) is 6.61 Å². The summed E-state index contributed by atoms with van der Waals surface area (Å²) in [5.41, 5.74) is 0.164. The predicted molar refractivity (Wildman–Crippen MR) is 73.8 cm³/mol. The van der Waals surface area contributed by atoms with E-state index in [0.717, 1.165) is 18.2 Å². The third-order valence-corrected chi connectivity index (χ3v) is 4.77. The van der Waals surface area contributed by atoms with Crippen LogP contribution in [0.3, 0.4) is 0 Å². The minimum Gasteiger partial charge on any atom is -0.375 e. The Kier molecular flexibility index (Phi) is 7.83. The van der Waals surface area contributed by atoms with Gasteiger partial charge in [0.15, 0.2) is 0 Å². The van der Waals surface area contributed by atoms with E-state index in [1.165, 1.54) is 19.3 Å². The van der Waals surface area contributed by atoms with Gasteiger partial charge in [-0.3, -0.25) is 4.79 Å². The molecular formula is C13H22BrF2NO2. The van der Waals surface area contributed by atoms with Crippen LogP contribution >= 0.6 is 15.9 Å². The van der Waals surface area contributed by atoms with Crippen molar-refractivity contribution in [1.82, 2.24) is 5.32 Å². The zero-order valence-electron chi connectivity index (χ0n) is 11.1. The Morgan fingerprint density at radius 2 is 2.00 bits per heavy atom. The number of carbonyl (C=O) groups excluding carboxylic acids is 1. The van der Waals surface area contributed by atoms with Gasteiger partial charge < -0.3 is 10.1 Å². The first-order valence-electron chi connectivity index (χ1n) is 6.76. The lowest BCUT2D eigenvalue weighted by Crippen LogP contribution is -2.40. The maximum absolute atomic E-state index is 11.8. The van der Waals surface area contributed by atoms with Gasteiger partial charge in [0.25, 0.3) is 6.43 Å². The zero-order valence-corrected chi connectivity index (χ0v) is 12.7. The molecular weight excluding hydrogens is 320 g/mol. The van der Waals surface area contributed by atoms with Gasteiger partial charge in [0, 0.05) is 18.3 Å². The van der Waals surface area contributed by atoms with Crippen molar-refractivity contribution in [2.75, 3.05) is 25.1 Å². The number of halogens is 3. The fourth-order valence-corrected chi connectivity index (χ4v) is 3.13. The fraction of sp³-hybridized carbons (Fsp3) is 0.923. The molecule has 1 amide bonds. The molecule has 1 aliphatic rings. The van der Waals surface area contributed by atoms with Gasteiger partial charge in [0.2, 0.25) is 5.91 Å². The Hall–Kier alpha value is -0.230. The number of ether oxygens (including phenoxy) is 1. The van der Waals surface area contributed by atoms with Crippen molar-refractivity contribution < 1.29 is 18.3 Å². The summed E-state index contributed by atoms with van der Waals surface area (Å²) < 4.78 is 28.3. The molecule has 6 heteroatoms. The summed E-state index contributed by atoms with van der Waals surface area (Å²) in [7, 11) is 0. The molecule has 1 fully saturated rings. The average molecular weight is 342 g/mol. The highest BCUT2D eigenvalue weighted by molar-refractivity contribution is 9.09. The molecule has 0 aromatic rings. The molecule has 0 atom stereocenters. The minimum atomic E-state index is -2.47. The summed E-state index contributed by atoms with van der Waals surface area (Å²) in [6.45, 7) is 0.113. The fourth-order valence-electron chi connectivity index (χ4n) is 2.37. The Bertz CT molecular complexity index is 271. The van der Waals surface area contributed by atoms with Gasteiger partial charge in [-0.15, -0.1) is 0 Å². The summed E-state index contributed by atoms with van der Waals surface area (Å²) >= 11 is 3.54. The van der Waals surface area contributed by atoms with E-state index in [2.05, 4.69) is 26.0 Å². The van der Waals surface area contributed by atoms with E-state index in [0.29, 0.717) is 6.54 Å². The molecule has 3 nitrogen and oxygen atoms in total. The average Bonchev–Trinajstić information content (AvgIpc) is 2.42. The van der Waals surface area contributed by atoms with E-state index in [9.17, 15) is 13.6 Å². The zero-order chi connectivity index (χ0) is 14.1. The SMILES string of the molecule is O=C(CCOCC(F)F)NCC1(CBr)CCCCC1. The topological polar surface area (TPSA) is 38.3 Å². The quantitative estimate of drug-likeness (QED) is 0.544. The minimum absolute atomic E-state index is 0.0531. The van der Waals surface area contributed by atoms with Crippen LogP contribution in [0, 0.1) is 5.41 Å². The van der Waals surface area contributed by atoms with Crippen molar-refractivity contribution in [2.45, 2.75) is 45.0 Å². The molecule has 112 valence electrons. The number of amides is 1. The van der Waals surface area contributed by atoms with Crippen LogP contribution in [-0.2, 0) is 9.53 Å². The molecule has 0 heterocycles. The summed E-state index contributed by atoms with van der Waals surface area (Å²) in [5, 5.41) is 3.79. The second-order valence-corrected chi connectivity index (χ2v) is 5.75. The van der Waals surface area contributed by atoms with Gasteiger partial charge in [-0.2, -0.15) is 0 Å². The molecule has 19 heavy (non-hydrogen) atoms. The first-order chi connectivity index (χ1) is 9.08. The lowest BCUT2D eigenvalue weighted by atomic mass is 9.75. The highest BCUT2D eigenvalue weighted by Crippen LogP contribution is 2.37. The van der Waals surface area contributed by atoms with Gasteiger partial charge in [-0.05, 0) is 18.3 Å². The lowest BCUT2D eigenvalue weighted by Gasteiger charge is -2.35. The van der Waals surface area contributed by atoms with Crippen LogP contribution in [0.4, 0.5) is 8.78 Å². The molecule has 0 saturated heterocycles. The normalized spacial score (nSPS) is 18.5. The number of rotatable bonds is 8. The van der Waals surface area contributed by atoms with Crippen molar-refractivity contribution in [2.24, 2.45) is 5.41 Å². The van der Waals surface area contributed by atoms with Crippen molar-refractivity contribution in [3.63, 3.8) is 0 Å². The smallest absolute Gasteiger partial charge is 0.261 e. The predicted octanol–water partition coefficient (Wildman–Crippen LogP) is 3.12. The van der Waals surface area contributed by atoms with Gasteiger partial charge >= 0.3 is 0 Å². The van der Waals surface area contributed by atoms with E-state index in [4.69, 9.17) is 0 Å². The molecule has 1 rings (SSSR count). The molecule has 1 N–H and O–H groups in total. The van der Waals surface area contributed by atoms with E-state index < -0.39 is 13.0 Å². The molecule has 1 saturated carbocycles. The van der Waals surface area contributed by atoms with Crippen molar-refractivity contribution in [3.8, 4) is 0 Å². The Balaban J connectivity index is 2.17. The Morgan fingerprint density at radius 1 is 1.32 bits per heavy atom. The van der Waals surface area contributed by atoms with E-state index in [1.54, 1.807) is 0 Å². The lowest BCUT2D eigenvalue weighted by molar-refractivity contribution is -0.123. The first-order valence-corrected chi connectivity index (χ1v) is 7.89. The van der Waals surface area contributed by atoms with Crippen LogP contribution in [0.5, 0.6) is 0 Å². The van der Waals surface area contributed by atoms with Crippen LogP contribution in [-0.4, -0.2) is 37.4 Å². The van der Waals surface area contributed by atoms with E-state index in [-0.39, 0.29) is 24.3 Å². The van der Waals surface area contributed by atoms with E-state index >= 15 is 0 Å². The van der Waals surface area contributed by atoms with Crippen LogP contribution in [0.25, 0.3) is 0 Å². The summed E-state index contributed by atoms with van der Waals surface area (Å²) in [4.78, 5) is 11.6. The van der Waals surface area contributed by atoms with Crippen LogP contribution < -0.4 is 5.32 Å². The highest BCUT2D eigenvalue weighted by Gasteiger charge is 2.31. The maximum Gasteiger partial charge on any atom is 0.261 e. The maximum atomic E-state index is 11.8. The van der Waals surface area contributed by atoms with Crippen molar-refractivity contribution in [1.29, 1.82) is 0 Å². The first kappa shape index (κ1) is 16.8. The molecule has 0 radical (unpaired) electrons. The third-order valence-electron chi connectivity index (χ3n) is 3.58. The monoisotopic (exact) mass is 341 g/mol. The van der Waals surface area contributed by atoms with E-state index in [1.807, 2.05) is 0 Å². The summed E-state index contributed by atoms with van der Waals surface area (Å²) in [6, 6.07) is 0.